The minimum Gasteiger partial charge on any atom is -0.391 e. The number of alkyl halides is 1. The Hall–Kier alpha value is -0.620. The van der Waals surface area contributed by atoms with Crippen molar-refractivity contribution in [2.75, 3.05) is 0 Å². The Bertz CT molecular complexity index is 555. The molecule has 0 spiro atoms. The predicted molar refractivity (Wildman–Crippen MR) is 90.6 cm³/mol. The lowest BCUT2D eigenvalue weighted by atomic mass is 9.90. The maximum absolute atomic E-state index is 12.5. The van der Waals surface area contributed by atoms with E-state index in [0.717, 1.165) is 6.42 Å². The summed E-state index contributed by atoms with van der Waals surface area (Å²) in [4.78, 5) is -0.399. The molecule has 0 aromatic heterocycles. The topological polar surface area (TPSA) is 66.4 Å². The zero-order chi connectivity index (χ0) is 17.0. The smallest absolute Gasteiger partial charge is 0.240 e. The molecule has 0 unspecified atom stereocenters. The van der Waals surface area contributed by atoms with Crippen LogP contribution in [0.5, 0.6) is 0 Å². The summed E-state index contributed by atoms with van der Waals surface area (Å²) >= 11 is 6.17. The van der Waals surface area contributed by atoms with Crippen molar-refractivity contribution in [1.29, 1.82) is 0 Å². The van der Waals surface area contributed by atoms with E-state index in [1.807, 2.05) is 13.8 Å². The van der Waals surface area contributed by atoms with Crippen molar-refractivity contribution >= 4 is 21.6 Å². The van der Waals surface area contributed by atoms with Gasteiger partial charge in [0.05, 0.1) is 17.0 Å². The summed E-state index contributed by atoms with van der Waals surface area (Å²) in [5.41, 5.74) is 0. The third-order valence-corrected chi connectivity index (χ3v) is 5.34. The molecule has 0 aliphatic carbocycles. The zero-order valence-corrected chi connectivity index (χ0v) is 15.2. The lowest BCUT2D eigenvalue weighted by Gasteiger charge is -2.31. The van der Waals surface area contributed by atoms with E-state index in [9.17, 15) is 13.5 Å². The van der Waals surface area contributed by atoms with Crippen LogP contribution in [0.25, 0.3) is 0 Å². The molecular weight excluding hydrogens is 322 g/mol. The Balaban J connectivity index is 2.99. The molecule has 1 rings (SSSR count). The molecule has 2 N–H and O–H groups in total. The maximum Gasteiger partial charge on any atom is 0.240 e. The molecule has 22 heavy (non-hydrogen) atoms. The first-order chi connectivity index (χ1) is 10.1. The molecule has 0 amide bonds. The number of aliphatic hydroxyl groups excluding tert-OH is 1. The highest BCUT2D eigenvalue weighted by Crippen LogP contribution is 2.25. The van der Waals surface area contributed by atoms with Crippen LogP contribution in [0.2, 0.25) is 0 Å². The van der Waals surface area contributed by atoms with Crippen LogP contribution >= 0.6 is 11.6 Å². The van der Waals surface area contributed by atoms with Gasteiger partial charge >= 0.3 is 0 Å². The Morgan fingerprint density at radius 2 is 1.82 bits per heavy atom. The van der Waals surface area contributed by atoms with E-state index in [1.54, 1.807) is 32.0 Å². The van der Waals surface area contributed by atoms with Crippen molar-refractivity contribution in [3.05, 3.63) is 30.3 Å². The van der Waals surface area contributed by atoms with Crippen LogP contribution in [-0.2, 0) is 10.0 Å². The molecule has 0 bridgehead atoms. The highest BCUT2D eigenvalue weighted by Gasteiger charge is 2.32. The second kappa shape index (κ2) is 7.77. The number of rotatable bonds is 8. The second-order valence-electron chi connectivity index (χ2n) is 6.34. The Morgan fingerprint density at radius 3 is 2.27 bits per heavy atom. The van der Waals surface area contributed by atoms with Gasteiger partial charge < -0.3 is 5.11 Å². The molecule has 1 aromatic carbocycles. The summed E-state index contributed by atoms with van der Waals surface area (Å²) < 4.78 is 27.6. The summed E-state index contributed by atoms with van der Waals surface area (Å²) in [5.74, 6) is -0.00694. The van der Waals surface area contributed by atoms with Gasteiger partial charge in [0, 0.05) is 4.87 Å². The minimum absolute atomic E-state index is 0.00694. The maximum atomic E-state index is 12.5. The average Bonchev–Trinajstić information content (AvgIpc) is 2.43. The van der Waals surface area contributed by atoms with Crippen molar-refractivity contribution in [2.24, 2.45) is 5.92 Å². The van der Waals surface area contributed by atoms with E-state index >= 15 is 0 Å². The van der Waals surface area contributed by atoms with Crippen LogP contribution in [-0.4, -0.2) is 30.5 Å². The summed E-state index contributed by atoms with van der Waals surface area (Å²) in [6.07, 6.45) is 0.212. The van der Waals surface area contributed by atoms with Crippen molar-refractivity contribution in [3.63, 3.8) is 0 Å². The number of aliphatic hydroxyl groups is 1. The quantitative estimate of drug-likeness (QED) is 0.710. The van der Waals surface area contributed by atoms with Gasteiger partial charge in [0.25, 0.3) is 0 Å². The molecule has 126 valence electrons. The normalized spacial score (nSPS) is 17.0. The van der Waals surface area contributed by atoms with Crippen LogP contribution in [0.4, 0.5) is 0 Å². The van der Waals surface area contributed by atoms with Gasteiger partial charge in [0.1, 0.15) is 0 Å². The third kappa shape index (κ3) is 5.88. The molecule has 0 radical (unpaired) electrons. The largest absolute Gasteiger partial charge is 0.391 e. The number of hydrogen-bond donors (Lipinski definition) is 2. The highest BCUT2D eigenvalue weighted by atomic mass is 35.5. The van der Waals surface area contributed by atoms with Gasteiger partial charge in [0.15, 0.2) is 0 Å². The lowest BCUT2D eigenvalue weighted by molar-refractivity contribution is 0.0947. The summed E-state index contributed by atoms with van der Waals surface area (Å²) in [5, 5.41) is 10.4. The van der Waals surface area contributed by atoms with E-state index in [4.69, 9.17) is 11.6 Å². The number of sulfonamides is 1. The fraction of sp³-hybridized carbons (Fsp3) is 0.625. The summed E-state index contributed by atoms with van der Waals surface area (Å²) in [6, 6.07) is 7.60. The van der Waals surface area contributed by atoms with Crippen molar-refractivity contribution in [1.82, 2.24) is 4.72 Å². The van der Waals surface area contributed by atoms with Gasteiger partial charge in [-0.2, -0.15) is 0 Å². The van der Waals surface area contributed by atoms with Crippen molar-refractivity contribution < 1.29 is 13.5 Å². The molecule has 0 fully saturated rings. The van der Waals surface area contributed by atoms with Gasteiger partial charge in [-0.05, 0) is 38.3 Å². The second-order valence-corrected chi connectivity index (χ2v) is 9.07. The van der Waals surface area contributed by atoms with E-state index in [0.29, 0.717) is 6.42 Å². The first kappa shape index (κ1) is 19.4. The Labute approximate surface area is 138 Å². The van der Waals surface area contributed by atoms with Crippen molar-refractivity contribution in [3.8, 4) is 0 Å². The molecule has 0 aliphatic heterocycles. The molecule has 1 aromatic rings. The van der Waals surface area contributed by atoms with Crippen LogP contribution in [0, 0.1) is 5.92 Å². The average molecular weight is 348 g/mol. The van der Waals surface area contributed by atoms with Gasteiger partial charge in [-0.1, -0.05) is 38.5 Å². The molecule has 0 heterocycles. The van der Waals surface area contributed by atoms with Crippen LogP contribution in [0.15, 0.2) is 35.2 Å². The number of halogens is 1. The predicted octanol–water partition coefficient (Wildman–Crippen LogP) is 3.15. The van der Waals surface area contributed by atoms with Gasteiger partial charge in [-0.15, -0.1) is 11.6 Å². The number of hydrogen-bond acceptors (Lipinski definition) is 3. The molecule has 3 atom stereocenters. The standard InChI is InChI=1S/C16H26ClNO3S/c1-5-12(2)15(14(19)11-16(3,4)17)18-22(20,21)13-9-7-6-8-10-13/h6-10,12,14-15,18-19H,5,11H2,1-4H3/t12-,14-,15-/m0/s1. The van der Waals surface area contributed by atoms with Crippen molar-refractivity contribution in [2.45, 2.75) is 62.5 Å². The lowest BCUT2D eigenvalue weighted by Crippen LogP contribution is -2.48. The fourth-order valence-corrected chi connectivity index (χ4v) is 3.86. The molecular formula is C16H26ClNO3S. The van der Waals surface area contributed by atoms with E-state index < -0.39 is 27.0 Å². The molecule has 0 saturated heterocycles. The van der Waals surface area contributed by atoms with Crippen LogP contribution < -0.4 is 4.72 Å². The monoisotopic (exact) mass is 347 g/mol. The zero-order valence-electron chi connectivity index (χ0n) is 13.6. The third-order valence-electron chi connectivity index (χ3n) is 3.71. The first-order valence-electron chi connectivity index (χ1n) is 7.51. The molecule has 0 saturated carbocycles. The summed E-state index contributed by atoms with van der Waals surface area (Å²) in [7, 11) is -3.67. The fourth-order valence-electron chi connectivity index (χ4n) is 2.30. The molecule has 4 nitrogen and oxygen atoms in total. The van der Waals surface area contributed by atoms with E-state index in [-0.39, 0.29) is 10.8 Å². The summed E-state index contributed by atoms with van der Waals surface area (Å²) in [6.45, 7) is 7.49. The molecule has 0 aliphatic rings. The van der Waals surface area contributed by atoms with E-state index in [1.165, 1.54) is 12.1 Å². The Kier molecular flexibility index (Phi) is 6.86. The van der Waals surface area contributed by atoms with Crippen LogP contribution in [0.1, 0.15) is 40.5 Å². The van der Waals surface area contributed by atoms with Crippen LogP contribution in [0.3, 0.4) is 0 Å². The van der Waals surface area contributed by atoms with Gasteiger partial charge in [-0.3, -0.25) is 0 Å². The first-order valence-corrected chi connectivity index (χ1v) is 9.37. The SMILES string of the molecule is CC[C@H](C)[C@H](NS(=O)(=O)c1ccccc1)[C@@H](O)CC(C)(C)Cl. The minimum atomic E-state index is -3.67. The Morgan fingerprint density at radius 1 is 1.27 bits per heavy atom. The van der Waals surface area contributed by atoms with E-state index in [2.05, 4.69) is 4.72 Å². The number of nitrogens with one attached hydrogen (secondary N) is 1. The molecule has 6 heteroatoms. The van der Waals surface area contributed by atoms with Gasteiger partial charge in [0.2, 0.25) is 10.0 Å². The number of benzene rings is 1. The highest BCUT2D eigenvalue weighted by molar-refractivity contribution is 7.89. The van der Waals surface area contributed by atoms with Gasteiger partial charge in [-0.25, -0.2) is 13.1 Å².